The fourth-order valence-electron chi connectivity index (χ4n) is 5.05. The SMILES string of the molecule is CCCc1nc2ccccc2n1Cc1ccc2c(c1)CCc1ccccc1C2=Cc1nnn[nH]1. The first-order chi connectivity index (χ1) is 16.8. The molecule has 1 aliphatic rings. The molecular formula is C28H26N6. The van der Waals surface area contributed by atoms with Crippen LogP contribution in [0.2, 0.25) is 0 Å². The minimum Gasteiger partial charge on any atom is -0.323 e. The summed E-state index contributed by atoms with van der Waals surface area (Å²) in [6.45, 7) is 3.03. The second-order valence-electron chi connectivity index (χ2n) is 8.85. The Labute approximate surface area is 198 Å². The highest BCUT2D eigenvalue weighted by molar-refractivity contribution is 5.93. The Kier molecular flexibility index (Phi) is 5.26. The van der Waals surface area contributed by atoms with Gasteiger partial charge >= 0.3 is 0 Å². The smallest absolute Gasteiger partial charge is 0.172 e. The number of H-pyrrole nitrogens is 1. The predicted molar refractivity (Wildman–Crippen MR) is 134 cm³/mol. The van der Waals surface area contributed by atoms with E-state index >= 15 is 0 Å². The van der Waals surface area contributed by atoms with Crippen LogP contribution in [0.5, 0.6) is 0 Å². The van der Waals surface area contributed by atoms with Crippen molar-refractivity contribution in [2.75, 3.05) is 0 Å². The van der Waals surface area contributed by atoms with Gasteiger partial charge in [0.1, 0.15) is 5.82 Å². The van der Waals surface area contributed by atoms with Gasteiger partial charge in [0, 0.05) is 13.0 Å². The molecule has 34 heavy (non-hydrogen) atoms. The van der Waals surface area contributed by atoms with Gasteiger partial charge in [-0.3, -0.25) is 0 Å². The number of nitrogens with zero attached hydrogens (tertiary/aromatic N) is 5. The number of aryl methyl sites for hydroxylation is 3. The molecule has 0 spiro atoms. The number of aromatic amines is 1. The molecule has 6 nitrogen and oxygen atoms in total. The highest BCUT2D eigenvalue weighted by Crippen LogP contribution is 2.35. The zero-order valence-electron chi connectivity index (χ0n) is 19.2. The van der Waals surface area contributed by atoms with E-state index in [-0.39, 0.29) is 0 Å². The first kappa shape index (κ1) is 20.5. The molecule has 0 amide bonds. The lowest BCUT2D eigenvalue weighted by atomic mass is 9.92. The highest BCUT2D eigenvalue weighted by atomic mass is 15.5. The van der Waals surface area contributed by atoms with Crippen LogP contribution < -0.4 is 0 Å². The Bertz CT molecular complexity index is 1490. The van der Waals surface area contributed by atoms with E-state index in [1.807, 2.05) is 0 Å². The molecule has 0 atom stereocenters. The summed E-state index contributed by atoms with van der Waals surface area (Å²) in [5.41, 5.74) is 9.93. The number of fused-ring (bicyclic) bond motifs is 3. The number of tetrazole rings is 1. The van der Waals surface area contributed by atoms with Gasteiger partial charge in [0.25, 0.3) is 0 Å². The van der Waals surface area contributed by atoms with Crippen LogP contribution in [0.15, 0.2) is 66.7 Å². The van der Waals surface area contributed by atoms with Crippen molar-refractivity contribution in [1.82, 2.24) is 30.2 Å². The Balaban J connectivity index is 1.43. The number of para-hydroxylation sites is 2. The number of benzene rings is 3. The summed E-state index contributed by atoms with van der Waals surface area (Å²) in [7, 11) is 0. The fraction of sp³-hybridized carbons (Fsp3) is 0.214. The monoisotopic (exact) mass is 446 g/mol. The average molecular weight is 447 g/mol. The lowest BCUT2D eigenvalue weighted by Gasteiger charge is -2.14. The molecule has 0 unspecified atom stereocenters. The quantitative estimate of drug-likeness (QED) is 0.401. The van der Waals surface area contributed by atoms with Crippen LogP contribution in [0.3, 0.4) is 0 Å². The van der Waals surface area contributed by atoms with E-state index in [9.17, 15) is 0 Å². The summed E-state index contributed by atoms with van der Waals surface area (Å²) >= 11 is 0. The van der Waals surface area contributed by atoms with Gasteiger partial charge in [-0.2, -0.15) is 0 Å². The van der Waals surface area contributed by atoms with Crippen LogP contribution in [0.25, 0.3) is 22.7 Å². The van der Waals surface area contributed by atoms with Crippen molar-refractivity contribution in [2.45, 2.75) is 39.2 Å². The Hall–Kier alpha value is -4.06. The molecule has 0 saturated heterocycles. The van der Waals surface area contributed by atoms with Crippen molar-refractivity contribution >= 4 is 22.7 Å². The van der Waals surface area contributed by atoms with Crippen LogP contribution in [0.1, 0.15) is 52.8 Å². The molecule has 0 saturated carbocycles. The average Bonchev–Trinajstić information content (AvgIpc) is 3.47. The van der Waals surface area contributed by atoms with Gasteiger partial charge in [-0.15, -0.1) is 5.10 Å². The number of imidazole rings is 1. The highest BCUT2D eigenvalue weighted by Gasteiger charge is 2.19. The minimum absolute atomic E-state index is 0.663. The third kappa shape index (κ3) is 3.71. The van der Waals surface area contributed by atoms with Crippen LogP contribution in [-0.2, 0) is 25.8 Å². The van der Waals surface area contributed by atoms with Crippen LogP contribution >= 0.6 is 0 Å². The maximum atomic E-state index is 4.91. The third-order valence-corrected chi connectivity index (χ3v) is 6.62. The summed E-state index contributed by atoms with van der Waals surface area (Å²) in [5, 5.41) is 14.5. The lowest BCUT2D eigenvalue weighted by Crippen LogP contribution is -2.06. The molecule has 1 N–H and O–H groups in total. The van der Waals surface area contributed by atoms with E-state index in [4.69, 9.17) is 4.98 Å². The van der Waals surface area contributed by atoms with Crippen LogP contribution in [-0.4, -0.2) is 30.2 Å². The van der Waals surface area contributed by atoms with Gasteiger partial charge in [-0.25, -0.2) is 10.1 Å². The minimum atomic E-state index is 0.663. The molecule has 0 fully saturated rings. The molecule has 168 valence electrons. The number of hydrogen-bond acceptors (Lipinski definition) is 4. The Morgan fingerprint density at radius 2 is 1.76 bits per heavy atom. The summed E-state index contributed by atoms with van der Waals surface area (Å²) in [5.74, 6) is 1.82. The normalized spacial score (nSPS) is 14.2. The Morgan fingerprint density at radius 1 is 0.941 bits per heavy atom. The molecule has 6 rings (SSSR count). The summed E-state index contributed by atoms with van der Waals surface area (Å²) in [4.78, 5) is 4.91. The van der Waals surface area contributed by atoms with Crippen LogP contribution in [0, 0.1) is 0 Å². The molecule has 0 bridgehead atoms. The van der Waals surface area contributed by atoms with Crippen molar-refractivity contribution in [3.05, 3.63) is 106 Å². The van der Waals surface area contributed by atoms with Gasteiger partial charge in [-0.1, -0.05) is 61.5 Å². The Morgan fingerprint density at radius 3 is 2.65 bits per heavy atom. The lowest BCUT2D eigenvalue weighted by molar-refractivity contribution is 0.721. The fourth-order valence-corrected chi connectivity index (χ4v) is 5.05. The molecule has 3 aromatic carbocycles. The molecule has 6 heteroatoms. The predicted octanol–water partition coefficient (Wildman–Crippen LogP) is 5.24. The van der Waals surface area contributed by atoms with E-state index < -0.39 is 0 Å². The zero-order chi connectivity index (χ0) is 22.9. The van der Waals surface area contributed by atoms with Gasteiger partial charge in [0.2, 0.25) is 0 Å². The molecule has 2 heterocycles. The number of hydrogen-bond donors (Lipinski definition) is 1. The van der Waals surface area contributed by atoms with Crippen molar-refractivity contribution in [1.29, 1.82) is 0 Å². The van der Waals surface area contributed by atoms with E-state index in [1.165, 1.54) is 33.3 Å². The van der Waals surface area contributed by atoms with E-state index in [0.717, 1.165) is 49.1 Å². The van der Waals surface area contributed by atoms with Crippen molar-refractivity contribution in [3.8, 4) is 0 Å². The molecule has 5 aromatic rings. The standard InChI is InChI=1S/C28H26N6/c1-2-7-28-29-25-10-5-6-11-26(25)34(28)18-19-12-15-23-21(16-19)14-13-20-8-3-4-9-22(20)24(23)17-27-30-32-33-31-27/h3-6,8-12,15-17H,2,7,13-14,18H2,1H3,(H,30,31,32,33). The molecule has 1 aliphatic carbocycles. The largest absolute Gasteiger partial charge is 0.323 e. The summed E-state index contributed by atoms with van der Waals surface area (Å²) in [6, 6.07) is 24.0. The first-order valence-electron chi connectivity index (χ1n) is 11.9. The van der Waals surface area contributed by atoms with E-state index in [1.54, 1.807) is 0 Å². The summed E-state index contributed by atoms with van der Waals surface area (Å²) in [6.07, 6.45) is 6.13. The van der Waals surface area contributed by atoms with E-state index in [0.29, 0.717) is 5.82 Å². The zero-order valence-corrected chi connectivity index (χ0v) is 19.2. The maximum absolute atomic E-state index is 4.91. The number of aromatic nitrogens is 6. The van der Waals surface area contributed by atoms with Gasteiger partial charge < -0.3 is 4.57 Å². The number of nitrogens with one attached hydrogen (secondary N) is 1. The molecule has 0 radical (unpaired) electrons. The van der Waals surface area contributed by atoms with Gasteiger partial charge in [0.15, 0.2) is 5.82 Å². The van der Waals surface area contributed by atoms with E-state index in [2.05, 4.69) is 105 Å². The van der Waals surface area contributed by atoms with Gasteiger partial charge in [-0.05, 0) is 81.3 Å². The van der Waals surface area contributed by atoms with Crippen molar-refractivity contribution < 1.29 is 0 Å². The molecular weight excluding hydrogens is 420 g/mol. The first-order valence-corrected chi connectivity index (χ1v) is 11.9. The second kappa shape index (κ2) is 8.71. The molecule has 2 aromatic heterocycles. The van der Waals surface area contributed by atoms with Gasteiger partial charge in [0.05, 0.1) is 11.0 Å². The van der Waals surface area contributed by atoms with Crippen molar-refractivity contribution in [3.63, 3.8) is 0 Å². The summed E-state index contributed by atoms with van der Waals surface area (Å²) < 4.78 is 2.38. The van der Waals surface area contributed by atoms with Crippen LogP contribution in [0.4, 0.5) is 0 Å². The topological polar surface area (TPSA) is 72.3 Å². The molecule has 0 aliphatic heterocycles. The second-order valence-corrected chi connectivity index (χ2v) is 8.85. The number of rotatable bonds is 5. The maximum Gasteiger partial charge on any atom is 0.172 e. The third-order valence-electron chi connectivity index (χ3n) is 6.62. The van der Waals surface area contributed by atoms with Crippen molar-refractivity contribution in [2.24, 2.45) is 0 Å².